The van der Waals surface area contributed by atoms with Gasteiger partial charge >= 0.3 is 5.97 Å². The van der Waals surface area contributed by atoms with E-state index in [1.165, 1.54) is 37.7 Å². The van der Waals surface area contributed by atoms with E-state index in [-0.39, 0.29) is 11.9 Å². The zero-order valence-corrected chi connectivity index (χ0v) is 15.2. The van der Waals surface area contributed by atoms with Gasteiger partial charge in [-0.2, -0.15) is 0 Å². The Hall–Kier alpha value is -2.23. The minimum atomic E-state index is -0.138. The van der Waals surface area contributed by atoms with Crippen LogP contribution in [0, 0.1) is 5.92 Å². The molecule has 136 valence electrons. The predicted molar refractivity (Wildman–Crippen MR) is 101 cm³/mol. The summed E-state index contributed by atoms with van der Waals surface area (Å²) in [4.78, 5) is 21.1. The van der Waals surface area contributed by atoms with Gasteiger partial charge in [0.2, 0.25) is 0 Å². The van der Waals surface area contributed by atoms with E-state index < -0.39 is 0 Å². The Bertz CT molecular complexity index is 745. The highest BCUT2D eigenvalue weighted by Gasteiger charge is 2.25. The highest BCUT2D eigenvalue weighted by molar-refractivity contribution is 5.75. The van der Waals surface area contributed by atoms with Crippen LogP contribution in [0.5, 0.6) is 5.75 Å². The normalized spacial score (nSPS) is 18.8. The molecular formula is C22H26N2O2. The van der Waals surface area contributed by atoms with Gasteiger partial charge in [0, 0.05) is 5.56 Å². The Kier molecular flexibility index (Phi) is 5.28. The summed E-state index contributed by atoms with van der Waals surface area (Å²) in [6.07, 6.45) is 13.8. The molecule has 0 amide bonds. The van der Waals surface area contributed by atoms with Crippen LogP contribution >= 0.6 is 0 Å². The van der Waals surface area contributed by atoms with Crippen molar-refractivity contribution in [2.75, 3.05) is 0 Å². The van der Waals surface area contributed by atoms with Gasteiger partial charge in [0.05, 0.1) is 18.3 Å². The Labute approximate surface area is 155 Å². The number of aromatic nitrogens is 2. The minimum Gasteiger partial charge on any atom is -0.423 e. The van der Waals surface area contributed by atoms with Crippen molar-refractivity contribution < 1.29 is 9.53 Å². The van der Waals surface area contributed by atoms with Crippen molar-refractivity contribution in [2.45, 2.75) is 63.7 Å². The first-order valence-corrected chi connectivity index (χ1v) is 9.94. The van der Waals surface area contributed by atoms with Gasteiger partial charge in [-0.05, 0) is 37.2 Å². The first-order valence-electron chi connectivity index (χ1n) is 9.94. The number of nitrogens with zero attached hydrogens (tertiary/aromatic N) is 2. The SMILES string of the molecule is O=C(Oc1cnc(-c2ccccc2C2CCCCC2)nc1)C1CCCC1. The molecule has 2 aliphatic carbocycles. The summed E-state index contributed by atoms with van der Waals surface area (Å²) in [5, 5.41) is 0. The molecule has 2 aliphatic rings. The van der Waals surface area contributed by atoms with Gasteiger partial charge in [0.1, 0.15) is 0 Å². The molecule has 1 heterocycles. The van der Waals surface area contributed by atoms with E-state index in [0.717, 1.165) is 31.2 Å². The van der Waals surface area contributed by atoms with Crippen LogP contribution in [0.1, 0.15) is 69.3 Å². The van der Waals surface area contributed by atoms with E-state index in [4.69, 9.17) is 4.74 Å². The van der Waals surface area contributed by atoms with E-state index in [2.05, 4.69) is 28.2 Å². The van der Waals surface area contributed by atoms with Crippen LogP contribution in [0.25, 0.3) is 11.4 Å². The second-order valence-corrected chi connectivity index (χ2v) is 7.57. The van der Waals surface area contributed by atoms with Crippen molar-refractivity contribution in [3.8, 4) is 17.1 Å². The molecule has 2 saturated carbocycles. The third-order valence-electron chi connectivity index (χ3n) is 5.78. The van der Waals surface area contributed by atoms with Gasteiger partial charge in [-0.15, -0.1) is 0 Å². The molecule has 26 heavy (non-hydrogen) atoms. The van der Waals surface area contributed by atoms with Crippen molar-refractivity contribution in [2.24, 2.45) is 5.92 Å². The highest BCUT2D eigenvalue weighted by atomic mass is 16.5. The fourth-order valence-corrected chi connectivity index (χ4v) is 4.34. The van der Waals surface area contributed by atoms with Gasteiger partial charge in [-0.1, -0.05) is 56.4 Å². The van der Waals surface area contributed by atoms with Gasteiger partial charge in [-0.25, -0.2) is 9.97 Å². The quantitative estimate of drug-likeness (QED) is 0.703. The number of hydrogen-bond acceptors (Lipinski definition) is 4. The number of hydrogen-bond donors (Lipinski definition) is 0. The van der Waals surface area contributed by atoms with Crippen LogP contribution in [0.15, 0.2) is 36.7 Å². The average molecular weight is 350 g/mol. The maximum atomic E-state index is 12.2. The lowest BCUT2D eigenvalue weighted by atomic mass is 9.82. The van der Waals surface area contributed by atoms with E-state index >= 15 is 0 Å². The Morgan fingerprint density at radius 3 is 2.27 bits per heavy atom. The van der Waals surface area contributed by atoms with Crippen LogP contribution in [0.3, 0.4) is 0 Å². The second kappa shape index (κ2) is 7.98. The van der Waals surface area contributed by atoms with E-state index in [9.17, 15) is 4.79 Å². The first-order chi connectivity index (χ1) is 12.8. The lowest BCUT2D eigenvalue weighted by Gasteiger charge is -2.24. The summed E-state index contributed by atoms with van der Waals surface area (Å²) in [7, 11) is 0. The molecule has 4 heteroatoms. The van der Waals surface area contributed by atoms with Gasteiger partial charge < -0.3 is 4.74 Å². The molecule has 1 aromatic carbocycles. The molecule has 1 aromatic heterocycles. The van der Waals surface area contributed by atoms with Gasteiger partial charge in [-0.3, -0.25) is 4.79 Å². The molecule has 2 aromatic rings. The molecule has 0 bridgehead atoms. The first kappa shape index (κ1) is 17.2. The number of carbonyl (C=O) groups is 1. The Balaban J connectivity index is 1.51. The van der Waals surface area contributed by atoms with Crippen LogP contribution in [-0.4, -0.2) is 15.9 Å². The molecule has 0 unspecified atom stereocenters. The van der Waals surface area contributed by atoms with Crippen LogP contribution < -0.4 is 4.74 Å². The second-order valence-electron chi connectivity index (χ2n) is 7.57. The maximum Gasteiger partial charge on any atom is 0.314 e. The third-order valence-corrected chi connectivity index (χ3v) is 5.78. The monoisotopic (exact) mass is 350 g/mol. The van der Waals surface area contributed by atoms with Crippen molar-refractivity contribution in [1.29, 1.82) is 0 Å². The average Bonchev–Trinajstić information content (AvgIpc) is 3.24. The predicted octanol–water partition coefficient (Wildman–Crippen LogP) is 5.29. The number of carbonyl (C=O) groups excluding carboxylic acids is 1. The van der Waals surface area contributed by atoms with Gasteiger partial charge in [0.15, 0.2) is 11.6 Å². The smallest absolute Gasteiger partial charge is 0.314 e. The van der Waals surface area contributed by atoms with Crippen LogP contribution in [-0.2, 0) is 4.79 Å². The van der Waals surface area contributed by atoms with Crippen molar-refractivity contribution in [1.82, 2.24) is 9.97 Å². The summed E-state index contributed by atoms with van der Waals surface area (Å²) in [5.74, 6) is 1.67. The summed E-state index contributed by atoms with van der Waals surface area (Å²) in [5.41, 5.74) is 2.45. The van der Waals surface area contributed by atoms with Gasteiger partial charge in [0.25, 0.3) is 0 Å². The molecular weight excluding hydrogens is 324 g/mol. The van der Waals surface area contributed by atoms with E-state index in [1.807, 2.05) is 6.07 Å². The standard InChI is InChI=1S/C22H26N2O2/c25-22(17-10-4-5-11-17)26-18-14-23-21(24-15-18)20-13-7-6-12-19(20)16-8-2-1-3-9-16/h6-7,12-17H,1-5,8-11H2. The molecule has 0 atom stereocenters. The Morgan fingerprint density at radius 1 is 0.885 bits per heavy atom. The number of ether oxygens (including phenoxy) is 1. The molecule has 0 aliphatic heterocycles. The molecule has 4 nitrogen and oxygen atoms in total. The minimum absolute atomic E-state index is 0.0432. The summed E-state index contributed by atoms with van der Waals surface area (Å²) in [6, 6.07) is 8.45. The third kappa shape index (κ3) is 3.79. The largest absolute Gasteiger partial charge is 0.423 e. The Morgan fingerprint density at radius 2 is 1.54 bits per heavy atom. The number of benzene rings is 1. The summed E-state index contributed by atoms with van der Waals surface area (Å²) in [6.45, 7) is 0. The van der Waals surface area contributed by atoms with E-state index in [1.54, 1.807) is 12.4 Å². The van der Waals surface area contributed by atoms with Crippen molar-refractivity contribution in [3.63, 3.8) is 0 Å². The van der Waals surface area contributed by atoms with Crippen LogP contribution in [0.4, 0.5) is 0 Å². The number of rotatable bonds is 4. The van der Waals surface area contributed by atoms with Crippen molar-refractivity contribution >= 4 is 5.97 Å². The zero-order chi connectivity index (χ0) is 17.8. The summed E-state index contributed by atoms with van der Waals surface area (Å²) >= 11 is 0. The fraction of sp³-hybridized carbons (Fsp3) is 0.500. The lowest BCUT2D eigenvalue weighted by molar-refractivity contribution is -0.138. The fourth-order valence-electron chi connectivity index (χ4n) is 4.34. The molecule has 0 spiro atoms. The lowest BCUT2D eigenvalue weighted by Crippen LogP contribution is -2.17. The van der Waals surface area contributed by atoms with Crippen molar-refractivity contribution in [3.05, 3.63) is 42.2 Å². The maximum absolute atomic E-state index is 12.2. The van der Waals surface area contributed by atoms with E-state index in [0.29, 0.717) is 17.5 Å². The molecule has 4 rings (SSSR count). The highest BCUT2D eigenvalue weighted by Crippen LogP contribution is 2.37. The molecule has 0 saturated heterocycles. The molecule has 0 radical (unpaired) electrons. The zero-order valence-electron chi connectivity index (χ0n) is 15.2. The topological polar surface area (TPSA) is 52.1 Å². The number of esters is 1. The molecule has 2 fully saturated rings. The summed E-state index contributed by atoms with van der Waals surface area (Å²) < 4.78 is 5.47. The molecule has 0 N–H and O–H groups in total. The van der Waals surface area contributed by atoms with Crippen LogP contribution in [0.2, 0.25) is 0 Å².